The van der Waals surface area contributed by atoms with Gasteiger partial charge in [0.05, 0.1) is 5.56 Å². The second kappa shape index (κ2) is 6.27. The summed E-state index contributed by atoms with van der Waals surface area (Å²) in [4.78, 5) is 10.4. The third kappa shape index (κ3) is 3.63. The maximum atomic E-state index is 13.7. The van der Waals surface area contributed by atoms with Crippen LogP contribution in [0.25, 0.3) is 11.5 Å². The molecule has 1 N–H and O–H groups in total. The number of hydrogen-bond donors (Lipinski definition) is 1. The predicted molar refractivity (Wildman–Crippen MR) is 69.6 cm³/mol. The number of nitrogens with zero attached hydrogens (tertiary/aromatic N) is 2. The summed E-state index contributed by atoms with van der Waals surface area (Å²) in [5.74, 6) is -0.680. The Labute approximate surface area is 115 Å². The molecule has 1 heterocycles. The second-order valence-corrected chi connectivity index (χ2v) is 4.59. The average molecular weight is 278 g/mol. The highest BCUT2D eigenvalue weighted by molar-refractivity contribution is 5.66. The number of rotatable bonds is 6. The summed E-state index contributed by atoms with van der Waals surface area (Å²) in [5, 5.41) is 16.2. The van der Waals surface area contributed by atoms with Crippen LogP contribution in [0.3, 0.4) is 0 Å². The normalized spacial score (nSPS) is 10.7. The lowest BCUT2D eigenvalue weighted by Crippen LogP contribution is -1.95. The van der Waals surface area contributed by atoms with E-state index < -0.39 is 11.8 Å². The van der Waals surface area contributed by atoms with Crippen molar-refractivity contribution < 1.29 is 18.7 Å². The molecule has 0 spiro atoms. The highest BCUT2D eigenvalue weighted by atomic mass is 19.1. The molecule has 5 nitrogen and oxygen atoms in total. The molecule has 0 unspecified atom stereocenters. The minimum absolute atomic E-state index is 0.119. The number of unbranched alkanes of at least 4 members (excludes halogenated alkanes) is 1. The molecule has 0 aliphatic heterocycles. The lowest BCUT2D eigenvalue weighted by atomic mass is 10.1. The first-order valence-corrected chi connectivity index (χ1v) is 6.37. The number of carboxylic acids is 1. The third-order valence-electron chi connectivity index (χ3n) is 2.85. The van der Waals surface area contributed by atoms with Gasteiger partial charge in [-0.1, -0.05) is 11.6 Å². The van der Waals surface area contributed by atoms with Gasteiger partial charge in [-0.2, -0.15) is 0 Å². The van der Waals surface area contributed by atoms with Crippen LogP contribution < -0.4 is 0 Å². The number of halogens is 1. The molecule has 6 heteroatoms. The van der Waals surface area contributed by atoms with Crippen LogP contribution >= 0.6 is 0 Å². The van der Waals surface area contributed by atoms with Crippen LogP contribution in [0.1, 0.15) is 30.7 Å². The standard InChI is InChI=1S/C14H15FN2O3/c1-9-6-7-11(15)10(8-9)14-17-16-12(20-14)4-2-3-5-13(18)19/h6-8H,2-5H2,1H3,(H,18,19). The second-order valence-electron chi connectivity index (χ2n) is 4.59. The van der Waals surface area contributed by atoms with E-state index in [0.29, 0.717) is 25.2 Å². The Morgan fingerprint density at radius 3 is 2.90 bits per heavy atom. The van der Waals surface area contributed by atoms with E-state index in [0.717, 1.165) is 5.56 Å². The van der Waals surface area contributed by atoms with Crippen LogP contribution in [0.15, 0.2) is 22.6 Å². The minimum atomic E-state index is -0.821. The Hall–Kier alpha value is -2.24. The Bertz CT molecular complexity index is 610. The molecule has 0 saturated carbocycles. The Kier molecular flexibility index (Phi) is 4.45. The quantitative estimate of drug-likeness (QED) is 0.822. The lowest BCUT2D eigenvalue weighted by Gasteiger charge is -1.99. The molecule has 1 aromatic heterocycles. The fraction of sp³-hybridized carbons (Fsp3) is 0.357. The molecule has 0 bridgehead atoms. The summed E-state index contributed by atoms with van der Waals surface area (Å²) in [6.07, 6.45) is 1.80. The van der Waals surface area contributed by atoms with Gasteiger partial charge in [-0.25, -0.2) is 4.39 Å². The number of carbonyl (C=O) groups is 1. The molecule has 1 aromatic carbocycles. The molecule has 0 fully saturated rings. The first kappa shape index (κ1) is 14.2. The molecule has 106 valence electrons. The number of aliphatic carboxylic acids is 1. The van der Waals surface area contributed by atoms with Crippen LogP contribution in [-0.2, 0) is 11.2 Å². The lowest BCUT2D eigenvalue weighted by molar-refractivity contribution is -0.137. The highest BCUT2D eigenvalue weighted by Crippen LogP contribution is 2.23. The largest absolute Gasteiger partial charge is 0.481 e. The van der Waals surface area contributed by atoms with Gasteiger partial charge in [0.25, 0.3) is 5.89 Å². The summed E-state index contributed by atoms with van der Waals surface area (Å²) >= 11 is 0. The number of benzene rings is 1. The van der Waals surface area contributed by atoms with Crippen molar-refractivity contribution in [3.8, 4) is 11.5 Å². The van der Waals surface area contributed by atoms with Gasteiger partial charge >= 0.3 is 5.97 Å². The molecule has 0 saturated heterocycles. The molecular weight excluding hydrogens is 263 g/mol. The van der Waals surface area contributed by atoms with Crippen molar-refractivity contribution in [2.75, 3.05) is 0 Å². The minimum Gasteiger partial charge on any atom is -0.481 e. The zero-order valence-corrected chi connectivity index (χ0v) is 11.1. The highest BCUT2D eigenvalue weighted by Gasteiger charge is 2.13. The van der Waals surface area contributed by atoms with Gasteiger partial charge in [0.2, 0.25) is 5.89 Å². The third-order valence-corrected chi connectivity index (χ3v) is 2.85. The molecule has 2 rings (SSSR count). The first-order chi connectivity index (χ1) is 9.56. The van der Waals surface area contributed by atoms with Crippen molar-refractivity contribution in [3.63, 3.8) is 0 Å². The van der Waals surface area contributed by atoms with Crippen LogP contribution in [0.5, 0.6) is 0 Å². The van der Waals surface area contributed by atoms with E-state index in [4.69, 9.17) is 9.52 Å². The summed E-state index contributed by atoms with van der Waals surface area (Å²) in [6.45, 7) is 1.85. The fourth-order valence-electron chi connectivity index (χ4n) is 1.82. The van der Waals surface area contributed by atoms with Crippen LogP contribution in [-0.4, -0.2) is 21.3 Å². The molecule has 0 aliphatic carbocycles. The summed E-state index contributed by atoms with van der Waals surface area (Å²) < 4.78 is 19.1. The summed E-state index contributed by atoms with van der Waals surface area (Å²) in [5.41, 5.74) is 1.19. The van der Waals surface area contributed by atoms with Crippen LogP contribution in [0.4, 0.5) is 4.39 Å². The van der Waals surface area contributed by atoms with E-state index >= 15 is 0 Å². The maximum Gasteiger partial charge on any atom is 0.303 e. The van der Waals surface area contributed by atoms with Gasteiger partial charge in [-0.05, 0) is 31.9 Å². The zero-order chi connectivity index (χ0) is 14.5. The fourth-order valence-corrected chi connectivity index (χ4v) is 1.82. The Balaban J connectivity index is 2.01. The van der Waals surface area contributed by atoms with E-state index in [1.807, 2.05) is 6.92 Å². The molecule has 20 heavy (non-hydrogen) atoms. The van der Waals surface area contributed by atoms with Gasteiger partial charge in [-0.15, -0.1) is 10.2 Å². The van der Waals surface area contributed by atoms with Crippen molar-refractivity contribution in [1.82, 2.24) is 10.2 Å². The first-order valence-electron chi connectivity index (χ1n) is 6.37. The van der Waals surface area contributed by atoms with Crippen molar-refractivity contribution in [2.24, 2.45) is 0 Å². The van der Waals surface area contributed by atoms with Crippen molar-refractivity contribution in [2.45, 2.75) is 32.6 Å². The van der Waals surface area contributed by atoms with Gasteiger partial charge in [0.15, 0.2) is 0 Å². The van der Waals surface area contributed by atoms with Crippen molar-refractivity contribution >= 4 is 5.97 Å². The van der Waals surface area contributed by atoms with Crippen LogP contribution in [0, 0.1) is 12.7 Å². The number of aryl methyl sites for hydroxylation is 2. The van der Waals surface area contributed by atoms with Gasteiger partial charge < -0.3 is 9.52 Å². The van der Waals surface area contributed by atoms with E-state index in [9.17, 15) is 9.18 Å². The number of carboxylic acid groups (broad SMARTS) is 1. The smallest absolute Gasteiger partial charge is 0.303 e. The molecule has 0 amide bonds. The molecule has 0 atom stereocenters. The Morgan fingerprint density at radius 1 is 1.35 bits per heavy atom. The molecule has 2 aromatic rings. The van der Waals surface area contributed by atoms with Gasteiger partial charge in [-0.3, -0.25) is 4.79 Å². The van der Waals surface area contributed by atoms with E-state index in [1.54, 1.807) is 12.1 Å². The molecule has 0 radical (unpaired) electrons. The van der Waals surface area contributed by atoms with Crippen molar-refractivity contribution in [1.29, 1.82) is 0 Å². The monoisotopic (exact) mass is 278 g/mol. The zero-order valence-electron chi connectivity index (χ0n) is 11.1. The Morgan fingerprint density at radius 2 is 2.15 bits per heavy atom. The van der Waals surface area contributed by atoms with Crippen molar-refractivity contribution in [3.05, 3.63) is 35.5 Å². The van der Waals surface area contributed by atoms with Gasteiger partial charge in [0, 0.05) is 12.8 Å². The number of hydrogen-bond acceptors (Lipinski definition) is 4. The van der Waals surface area contributed by atoms with E-state index in [2.05, 4.69) is 10.2 Å². The molecule has 0 aliphatic rings. The average Bonchev–Trinajstić information content (AvgIpc) is 2.86. The summed E-state index contributed by atoms with van der Waals surface area (Å²) in [7, 11) is 0. The molecular formula is C14H15FN2O3. The topological polar surface area (TPSA) is 76.2 Å². The predicted octanol–water partition coefficient (Wildman–Crippen LogP) is 2.98. The summed E-state index contributed by atoms with van der Waals surface area (Å²) in [6, 6.07) is 4.68. The maximum absolute atomic E-state index is 13.7. The number of aromatic nitrogens is 2. The van der Waals surface area contributed by atoms with Crippen LogP contribution in [0.2, 0.25) is 0 Å². The SMILES string of the molecule is Cc1ccc(F)c(-c2nnc(CCCCC(=O)O)o2)c1. The van der Waals surface area contributed by atoms with Gasteiger partial charge in [0.1, 0.15) is 5.82 Å². The van der Waals surface area contributed by atoms with E-state index in [-0.39, 0.29) is 17.9 Å². The van der Waals surface area contributed by atoms with E-state index in [1.165, 1.54) is 6.07 Å².